The quantitative estimate of drug-likeness (QED) is 0.403. The molecule has 1 heteroatoms. The van der Waals surface area contributed by atoms with Crippen LogP contribution in [-0.4, -0.2) is 18.0 Å². The second-order valence-corrected chi connectivity index (χ2v) is 7.75. The molecule has 1 nitrogen and oxygen atoms in total. The Kier molecular flexibility index (Phi) is 12.2. The number of rotatable bonds is 4. The lowest BCUT2D eigenvalue weighted by atomic mass is 9.97. The highest BCUT2D eigenvalue weighted by Crippen LogP contribution is 2.40. The van der Waals surface area contributed by atoms with Crippen molar-refractivity contribution in [2.24, 2.45) is 0 Å². The summed E-state index contributed by atoms with van der Waals surface area (Å²) in [6.45, 7) is 11.3. The molecule has 0 N–H and O–H groups in total. The summed E-state index contributed by atoms with van der Waals surface area (Å²) in [6, 6.07) is 32.1. The first-order valence-electron chi connectivity index (χ1n) is 12.4. The van der Waals surface area contributed by atoms with Crippen molar-refractivity contribution in [3.05, 3.63) is 114 Å². The van der Waals surface area contributed by atoms with E-state index in [1.807, 2.05) is 64.1 Å². The van der Waals surface area contributed by atoms with Gasteiger partial charge >= 0.3 is 0 Å². The molecule has 1 fully saturated rings. The number of benzene rings is 3. The standard InChI is InChI=1S/C21H23N.C6H6.2C2H6/c1-2-4-17(5-3-1)16-22-14-12-21(13-15-22)20-10-8-19(9-11-20)18-6-7-18;1-2-4-6-5-3-1;2*1-2/h1-5,8-12,18H,6-7,13-16H2;1-6H;2*1-2H3. The maximum absolute atomic E-state index is 2.53. The van der Waals surface area contributed by atoms with Crippen LogP contribution in [0.4, 0.5) is 0 Å². The normalized spacial score (nSPS) is 14.9. The first-order valence-corrected chi connectivity index (χ1v) is 12.4. The molecule has 32 heavy (non-hydrogen) atoms. The minimum atomic E-state index is 0.857. The Morgan fingerprint density at radius 1 is 0.688 bits per heavy atom. The Balaban J connectivity index is 0.000000308. The molecule has 0 spiro atoms. The van der Waals surface area contributed by atoms with Crippen LogP contribution in [0.3, 0.4) is 0 Å². The maximum atomic E-state index is 2.53. The monoisotopic (exact) mass is 427 g/mol. The Morgan fingerprint density at radius 3 is 1.69 bits per heavy atom. The molecule has 0 unspecified atom stereocenters. The Bertz CT molecular complexity index is 835. The molecule has 0 bridgehead atoms. The molecule has 1 saturated carbocycles. The molecule has 0 saturated heterocycles. The van der Waals surface area contributed by atoms with Crippen LogP contribution in [0.5, 0.6) is 0 Å². The van der Waals surface area contributed by atoms with E-state index in [9.17, 15) is 0 Å². The lowest BCUT2D eigenvalue weighted by Crippen LogP contribution is -2.27. The summed E-state index contributed by atoms with van der Waals surface area (Å²) in [5, 5.41) is 0. The van der Waals surface area contributed by atoms with E-state index in [4.69, 9.17) is 0 Å². The fourth-order valence-corrected chi connectivity index (χ4v) is 3.73. The van der Waals surface area contributed by atoms with Crippen molar-refractivity contribution in [1.29, 1.82) is 0 Å². The molecule has 0 radical (unpaired) electrons. The van der Waals surface area contributed by atoms with Gasteiger partial charge in [0.25, 0.3) is 0 Å². The highest BCUT2D eigenvalue weighted by molar-refractivity contribution is 5.66. The largest absolute Gasteiger partial charge is 0.295 e. The summed E-state index contributed by atoms with van der Waals surface area (Å²) < 4.78 is 0. The zero-order valence-corrected chi connectivity index (χ0v) is 20.5. The van der Waals surface area contributed by atoms with Gasteiger partial charge in [-0.15, -0.1) is 0 Å². The smallest absolute Gasteiger partial charge is 0.0237 e. The fourth-order valence-electron chi connectivity index (χ4n) is 3.73. The van der Waals surface area contributed by atoms with Crippen molar-refractivity contribution in [3.8, 4) is 0 Å². The highest BCUT2D eigenvalue weighted by Gasteiger charge is 2.23. The summed E-state index contributed by atoms with van der Waals surface area (Å²) in [6.07, 6.45) is 6.35. The van der Waals surface area contributed by atoms with Gasteiger partial charge < -0.3 is 0 Å². The van der Waals surface area contributed by atoms with Crippen LogP contribution in [0.25, 0.3) is 5.57 Å². The Morgan fingerprint density at radius 2 is 1.22 bits per heavy atom. The van der Waals surface area contributed by atoms with Crippen LogP contribution >= 0.6 is 0 Å². The Hall–Kier alpha value is -2.64. The predicted octanol–water partition coefficient (Wildman–Crippen LogP) is 8.59. The van der Waals surface area contributed by atoms with E-state index in [0.717, 1.165) is 32.0 Å². The van der Waals surface area contributed by atoms with Crippen LogP contribution in [0.15, 0.2) is 97.1 Å². The van der Waals surface area contributed by atoms with Gasteiger partial charge in [0, 0.05) is 19.6 Å². The van der Waals surface area contributed by atoms with Gasteiger partial charge in [0.2, 0.25) is 0 Å². The molecule has 0 amide bonds. The van der Waals surface area contributed by atoms with Crippen molar-refractivity contribution >= 4 is 5.57 Å². The first-order chi connectivity index (χ1) is 15.9. The number of hydrogen-bond acceptors (Lipinski definition) is 1. The van der Waals surface area contributed by atoms with E-state index in [-0.39, 0.29) is 0 Å². The maximum Gasteiger partial charge on any atom is 0.0237 e. The highest BCUT2D eigenvalue weighted by atomic mass is 15.1. The molecule has 2 aliphatic rings. The van der Waals surface area contributed by atoms with Gasteiger partial charge in [0.05, 0.1) is 0 Å². The molecule has 3 aromatic rings. The van der Waals surface area contributed by atoms with Crippen LogP contribution in [0, 0.1) is 0 Å². The van der Waals surface area contributed by atoms with Crippen LogP contribution in [0.1, 0.15) is 69.6 Å². The SMILES string of the molecule is C1=C(c2ccc(C3CC3)cc2)CCN(Cc2ccccc2)C1.CC.CC.c1ccccc1. The predicted molar refractivity (Wildman–Crippen MR) is 142 cm³/mol. The van der Waals surface area contributed by atoms with Crippen molar-refractivity contribution in [3.63, 3.8) is 0 Å². The number of hydrogen-bond donors (Lipinski definition) is 0. The third kappa shape index (κ3) is 8.85. The summed E-state index contributed by atoms with van der Waals surface area (Å²) in [5.74, 6) is 0.857. The lowest BCUT2D eigenvalue weighted by molar-refractivity contribution is 0.294. The molecule has 5 rings (SSSR count). The fraction of sp³-hybridized carbons (Fsp3) is 0.355. The van der Waals surface area contributed by atoms with Crippen LogP contribution in [0.2, 0.25) is 0 Å². The van der Waals surface area contributed by atoms with Gasteiger partial charge in [-0.05, 0) is 47.4 Å². The number of nitrogens with zero attached hydrogens (tertiary/aromatic N) is 1. The molecule has 170 valence electrons. The van der Waals surface area contributed by atoms with E-state index < -0.39 is 0 Å². The van der Waals surface area contributed by atoms with Crippen molar-refractivity contribution in [2.75, 3.05) is 13.1 Å². The van der Waals surface area contributed by atoms with Crippen molar-refractivity contribution < 1.29 is 0 Å². The van der Waals surface area contributed by atoms with Crippen LogP contribution in [-0.2, 0) is 6.54 Å². The van der Waals surface area contributed by atoms with Crippen molar-refractivity contribution in [1.82, 2.24) is 4.90 Å². The topological polar surface area (TPSA) is 3.24 Å². The van der Waals surface area contributed by atoms with Gasteiger partial charge in [-0.3, -0.25) is 4.90 Å². The molecule has 1 heterocycles. The lowest BCUT2D eigenvalue weighted by Gasteiger charge is -2.26. The summed E-state index contributed by atoms with van der Waals surface area (Å²) in [5.41, 5.74) is 5.88. The molecule has 1 aliphatic carbocycles. The van der Waals surface area contributed by atoms with Gasteiger partial charge in [-0.1, -0.05) is 125 Å². The molecule has 1 aliphatic heterocycles. The first kappa shape index (κ1) is 25.6. The average molecular weight is 428 g/mol. The summed E-state index contributed by atoms with van der Waals surface area (Å²) >= 11 is 0. The summed E-state index contributed by atoms with van der Waals surface area (Å²) in [4.78, 5) is 2.53. The zero-order chi connectivity index (χ0) is 23.0. The van der Waals surface area contributed by atoms with E-state index in [1.165, 1.54) is 35.1 Å². The average Bonchev–Trinajstić information content (AvgIpc) is 3.75. The van der Waals surface area contributed by atoms with Crippen molar-refractivity contribution in [2.45, 2.75) is 59.4 Å². The Labute approximate surface area is 196 Å². The molecule has 0 atom stereocenters. The molecule has 0 aromatic heterocycles. The molecule has 3 aromatic carbocycles. The molecular weight excluding hydrogens is 386 g/mol. The third-order valence-electron chi connectivity index (χ3n) is 5.54. The third-order valence-corrected chi connectivity index (χ3v) is 5.54. The summed E-state index contributed by atoms with van der Waals surface area (Å²) in [7, 11) is 0. The van der Waals surface area contributed by atoms with Gasteiger partial charge in [-0.25, -0.2) is 0 Å². The van der Waals surface area contributed by atoms with Crippen LogP contribution < -0.4 is 0 Å². The van der Waals surface area contributed by atoms with E-state index >= 15 is 0 Å². The second-order valence-electron chi connectivity index (χ2n) is 7.75. The van der Waals surface area contributed by atoms with Gasteiger partial charge in [-0.2, -0.15) is 0 Å². The second kappa shape index (κ2) is 15.2. The minimum absolute atomic E-state index is 0.857. The van der Waals surface area contributed by atoms with E-state index in [2.05, 4.69) is 65.6 Å². The van der Waals surface area contributed by atoms with E-state index in [0.29, 0.717) is 0 Å². The molecular formula is C31H41N. The van der Waals surface area contributed by atoms with Gasteiger partial charge in [0.15, 0.2) is 0 Å². The minimum Gasteiger partial charge on any atom is -0.295 e. The van der Waals surface area contributed by atoms with E-state index in [1.54, 1.807) is 0 Å². The van der Waals surface area contributed by atoms with Gasteiger partial charge in [0.1, 0.15) is 0 Å². The zero-order valence-electron chi connectivity index (χ0n) is 20.5.